The predicted octanol–water partition coefficient (Wildman–Crippen LogP) is 4.60. The first-order chi connectivity index (χ1) is 15.0. The molecule has 0 aliphatic rings. The lowest BCUT2D eigenvalue weighted by atomic mass is 10.1. The van der Waals surface area contributed by atoms with Crippen LogP contribution in [0.4, 0.5) is 5.69 Å². The van der Waals surface area contributed by atoms with Gasteiger partial charge in [-0.15, -0.1) is 0 Å². The van der Waals surface area contributed by atoms with Crippen molar-refractivity contribution in [3.63, 3.8) is 0 Å². The summed E-state index contributed by atoms with van der Waals surface area (Å²) >= 11 is 0. The Morgan fingerprint density at radius 1 is 1.06 bits per heavy atom. The van der Waals surface area contributed by atoms with Gasteiger partial charge in [0, 0.05) is 5.69 Å². The second-order valence-electron chi connectivity index (χ2n) is 6.53. The van der Waals surface area contributed by atoms with Gasteiger partial charge >= 0.3 is 5.97 Å². The van der Waals surface area contributed by atoms with Crippen LogP contribution in [0.25, 0.3) is 6.08 Å². The number of benzene rings is 2. The molecule has 0 aliphatic heterocycles. The minimum Gasteiger partial charge on any atom is -0.490 e. The van der Waals surface area contributed by atoms with Gasteiger partial charge in [0.15, 0.2) is 11.5 Å². The topological polar surface area (TPSA) is 97.7 Å². The Bertz CT molecular complexity index is 974. The van der Waals surface area contributed by atoms with Crippen LogP contribution >= 0.6 is 0 Å². The van der Waals surface area contributed by atoms with Gasteiger partial charge in [-0.05, 0) is 61.4 Å². The van der Waals surface area contributed by atoms with E-state index in [2.05, 4.69) is 17.0 Å². The van der Waals surface area contributed by atoms with Gasteiger partial charge in [0.25, 0.3) is 5.91 Å². The first-order valence-corrected chi connectivity index (χ1v) is 10.0. The van der Waals surface area contributed by atoms with Crippen molar-refractivity contribution in [3.8, 4) is 17.6 Å². The molecule has 0 saturated carbocycles. The molecule has 2 aromatic rings. The van der Waals surface area contributed by atoms with Crippen molar-refractivity contribution in [2.24, 2.45) is 0 Å². The van der Waals surface area contributed by atoms with Gasteiger partial charge in [-0.2, -0.15) is 5.26 Å². The van der Waals surface area contributed by atoms with Crippen molar-refractivity contribution in [2.45, 2.75) is 26.7 Å². The second-order valence-corrected chi connectivity index (χ2v) is 6.53. The fraction of sp³-hybridized carbons (Fsp3) is 0.292. The Morgan fingerprint density at radius 2 is 1.81 bits per heavy atom. The first kappa shape index (κ1) is 23.5. The van der Waals surface area contributed by atoms with Crippen LogP contribution < -0.4 is 14.8 Å². The van der Waals surface area contributed by atoms with Crippen molar-refractivity contribution in [1.29, 1.82) is 5.26 Å². The zero-order chi connectivity index (χ0) is 22.6. The SMILES string of the molecule is CCCCOc1ccc(C=C(C#N)C(=O)Nc2ccc(C(=O)OC)cc2)cc1OCC. The number of methoxy groups -OCH3 is 1. The van der Waals surface area contributed by atoms with Crippen molar-refractivity contribution in [1.82, 2.24) is 0 Å². The molecule has 1 amide bonds. The van der Waals surface area contributed by atoms with E-state index in [1.807, 2.05) is 13.0 Å². The predicted molar refractivity (Wildman–Crippen MR) is 118 cm³/mol. The Hall–Kier alpha value is -3.79. The molecule has 0 bridgehead atoms. The molecule has 0 unspecified atom stereocenters. The highest BCUT2D eigenvalue weighted by atomic mass is 16.5. The quantitative estimate of drug-likeness (QED) is 0.260. The van der Waals surface area contributed by atoms with Gasteiger partial charge in [0.1, 0.15) is 11.6 Å². The summed E-state index contributed by atoms with van der Waals surface area (Å²) in [5.41, 5.74) is 1.38. The average molecular weight is 422 g/mol. The number of carbonyl (C=O) groups excluding carboxylic acids is 2. The van der Waals surface area contributed by atoms with E-state index >= 15 is 0 Å². The number of hydrogen-bond acceptors (Lipinski definition) is 6. The van der Waals surface area contributed by atoms with Crippen LogP contribution in [0, 0.1) is 11.3 Å². The number of esters is 1. The van der Waals surface area contributed by atoms with Gasteiger partial charge in [-0.3, -0.25) is 4.79 Å². The van der Waals surface area contributed by atoms with E-state index in [0.717, 1.165) is 12.8 Å². The van der Waals surface area contributed by atoms with Crippen LogP contribution in [0.2, 0.25) is 0 Å². The van der Waals surface area contributed by atoms with Crippen LogP contribution in [0.3, 0.4) is 0 Å². The number of hydrogen-bond donors (Lipinski definition) is 1. The van der Waals surface area contributed by atoms with Crippen molar-refractivity contribution >= 4 is 23.6 Å². The molecule has 1 N–H and O–H groups in total. The summed E-state index contributed by atoms with van der Waals surface area (Å²) in [4.78, 5) is 24.0. The summed E-state index contributed by atoms with van der Waals surface area (Å²) in [7, 11) is 1.29. The molecule has 0 spiro atoms. The van der Waals surface area contributed by atoms with Gasteiger partial charge < -0.3 is 19.5 Å². The lowest BCUT2D eigenvalue weighted by molar-refractivity contribution is -0.112. The Kier molecular flexibility index (Phi) is 9.12. The number of rotatable bonds is 10. The molecule has 0 radical (unpaired) electrons. The highest BCUT2D eigenvalue weighted by Gasteiger charge is 2.12. The van der Waals surface area contributed by atoms with E-state index in [4.69, 9.17) is 9.47 Å². The van der Waals surface area contributed by atoms with Gasteiger partial charge in [-0.1, -0.05) is 19.4 Å². The number of nitrogens with zero attached hydrogens (tertiary/aromatic N) is 1. The Labute approximate surface area is 182 Å². The molecule has 2 aromatic carbocycles. The minimum absolute atomic E-state index is 0.0702. The smallest absolute Gasteiger partial charge is 0.337 e. The molecule has 7 heteroatoms. The van der Waals surface area contributed by atoms with Crippen molar-refractivity contribution < 1.29 is 23.8 Å². The molecule has 162 valence electrons. The van der Waals surface area contributed by atoms with Crippen LogP contribution in [0.1, 0.15) is 42.6 Å². The number of amides is 1. The zero-order valence-electron chi connectivity index (χ0n) is 17.9. The summed E-state index contributed by atoms with van der Waals surface area (Å²) in [6, 6.07) is 13.4. The summed E-state index contributed by atoms with van der Waals surface area (Å²) in [6.07, 6.45) is 3.44. The number of nitrogens with one attached hydrogen (secondary N) is 1. The third kappa shape index (κ3) is 6.89. The fourth-order valence-corrected chi connectivity index (χ4v) is 2.65. The van der Waals surface area contributed by atoms with Crippen molar-refractivity contribution in [2.75, 3.05) is 25.6 Å². The van der Waals surface area contributed by atoms with Crippen molar-refractivity contribution in [3.05, 3.63) is 59.2 Å². The molecule has 0 aromatic heterocycles. The van der Waals surface area contributed by atoms with Crippen LogP contribution in [0.5, 0.6) is 11.5 Å². The molecule has 0 fully saturated rings. The fourth-order valence-electron chi connectivity index (χ4n) is 2.65. The Morgan fingerprint density at radius 3 is 2.42 bits per heavy atom. The maximum atomic E-state index is 12.5. The maximum absolute atomic E-state index is 12.5. The number of unbranched alkanes of at least 4 members (excludes halogenated alkanes) is 1. The molecule has 31 heavy (non-hydrogen) atoms. The molecule has 0 atom stereocenters. The van der Waals surface area contributed by atoms with Crippen LogP contribution in [0.15, 0.2) is 48.0 Å². The molecule has 0 heterocycles. The standard InChI is InChI=1S/C24H26N2O5/c1-4-6-13-31-21-12-7-17(15-22(21)30-5-2)14-19(16-25)23(27)26-20-10-8-18(9-11-20)24(28)29-3/h7-12,14-15H,4-6,13H2,1-3H3,(H,26,27). The molecule has 2 rings (SSSR count). The first-order valence-electron chi connectivity index (χ1n) is 10.0. The van der Waals surface area contributed by atoms with Gasteiger partial charge in [-0.25, -0.2) is 4.79 Å². The third-order valence-corrected chi connectivity index (χ3v) is 4.26. The summed E-state index contributed by atoms with van der Waals surface area (Å²) in [6.45, 7) is 5.01. The van der Waals surface area contributed by atoms with E-state index in [9.17, 15) is 14.9 Å². The van der Waals surface area contributed by atoms with Gasteiger partial charge in [0.2, 0.25) is 0 Å². The van der Waals surface area contributed by atoms with E-state index in [1.54, 1.807) is 30.3 Å². The largest absolute Gasteiger partial charge is 0.490 e. The monoisotopic (exact) mass is 422 g/mol. The summed E-state index contributed by atoms with van der Waals surface area (Å²) in [5, 5.41) is 12.1. The molecule has 0 aliphatic carbocycles. The van der Waals surface area contributed by atoms with Gasteiger partial charge in [0.05, 0.1) is 25.9 Å². The zero-order valence-corrected chi connectivity index (χ0v) is 17.9. The third-order valence-electron chi connectivity index (χ3n) is 4.26. The van der Waals surface area contributed by atoms with E-state index in [-0.39, 0.29) is 5.57 Å². The molecule has 0 saturated heterocycles. The molecular formula is C24H26N2O5. The number of anilines is 1. The van der Waals surface area contributed by atoms with E-state index in [1.165, 1.54) is 25.3 Å². The van der Waals surface area contributed by atoms with Crippen LogP contribution in [-0.4, -0.2) is 32.2 Å². The molecule has 7 nitrogen and oxygen atoms in total. The number of nitriles is 1. The lowest BCUT2D eigenvalue weighted by Gasteiger charge is -2.12. The molecular weight excluding hydrogens is 396 g/mol. The maximum Gasteiger partial charge on any atom is 0.337 e. The minimum atomic E-state index is -0.561. The number of carbonyl (C=O) groups is 2. The van der Waals surface area contributed by atoms with Crippen LogP contribution in [-0.2, 0) is 9.53 Å². The number of ether oxygens (including phenoxy) is 3. The summed E-state index contributed by atoms with van der Waals surface area (Å²) in [5.74, 6) is 0.154. The second kappa shape index (κ2) is 12.0. The lowest BCUT2D eigenvalue weighted by Crippen LogP contribution is -2.13. The van der Waals surface area contributed by atoms with E-state index in [0.29, 0.717) is 41.5 Å². The Balaban J connectivity index is 2.17. The average Bonchev–Trinajstić information content (AvgIpc) is 2.79. The van der Waals surface area contributed by atoms with E-state index < -0.39 is 11.9 Å². The summed E-state index contributed by atoms with van der Waals surface area (Å²) < 4.78 is 16.0. The normalized spacial score (nSPS) is 10.7. The highest BCUT2D eigenvalue weighted by Crippen LogP contribution is 2.29. The highest BCUT2D eigenvalue weighted by molar-refractivity contribution is 6.09.